The fraction of sp³-hybridized carbons (Fsp3) is 0.357. The van der Waals surface area contributed by atoms with Crippen LogP contribution in [0.4, 0.5) is 0 Å². The Hall–Kier alpha value is -1.40. The van der Waals surface area contributed by atoms with Crippen LogP contribution in [-0.2, 0) is 9.53 Å². The lowest BCUT2D eigenvalue weighted by molar-refractivity contribution is -0.148. The normalized spacial score (nSPS) is 12.2. The monoisotopic (exact) mass is 308 g/mol. The molecule has 0 N–H and O–H groups in total. The lowest BCUT2D eigenvalue weighted by Gasteiger charge is -2.17. The maximum absolute atomic E-state index is 11.6. The first-order valence-electron chi connectivity index (χ1n) is 6.08. The van der Waals surface area contributed by atoms with Gasteiger partial charge in [0, 0.05) is 11.0 Å². The Morgan fingerprint density at radius 2 is 2.15 bits per heavy atom. The number of thioether (sulfide) groups is 1. The van der Waals surface area contributed by atoms with Gasteiger partial charge >= 0.3 is 5.97 Å². The molecule has 0 atom stereocenters. The number of esters is 1. The van der Waals surface area contributed by atoms with Crippen LogP contribution in [-0.4, -0.2) is 27.8 Å². The Bertz CT molecular complexity index is 657. The Kier molecular flexibility index (Phi) is 4.45. The standard InChI is InChI=1S/C14H16N2O2S2/c1-14(2,3)18-11(17)6-5-9-7-10-12(20-9)13(19-4)16-8-15-10/h5-8H,1-4H3. The third-order valence-corrected chi connectivity index (χ3v) is 4.20. The SMILES string of the molecule is CSc1ncnc2cc(C=CC(=O)OC(C)(C)C)sc12. The number of hydrogen-bond acceptors (Lipinski definition) is 6. The molecule has 2 rings (SSSR count). The van der Waals surface area contributed by atoms with Crippen LogP contribution in [0.25, 0.3) is 16.3 Å². The van der Waals surface area contributed by atoms with Crippen LogP contribution in [0.3, 0.4) is 0 Å². The summed E-state index contributed by atoms with van der Waals surface area (Å²) < 4.78 is 6.27. The molecule has 6 heteroatoms. The highest BCUT2D eigenvalue weighted by Crippen LogP contribution is 2.31. The van der Waals surface area contributed by atoms with E-state index in [9.17, 15) is 4.79 Å². The molecule has 4 nitrogen and oxygen atoms in total. The summed E-state index contributed by atoms with van der Waals surface area (Å²) in [6.45, 7) is 5.54. The molecule has 0 amide bonds. The lowest BCUT2D eigenvalue weighted by Crippen LogP contribution is -2.22. The van der Waals surface area contributed by atoms with Crippen LogP contribution >= 0.6 is 23.1 Å². The minimum atomic E-state index is -0.473. The molecule has 2 aromatic heterocycles. The van der Waals surface area contributed by atoms with Crippen LogP contribution in [0.15, 0.2) is 23.5 Å². The second kappa shape index (κ2) is 5.93. The highest BCUT2D eigenvalue weighted by molar-refractivity contribution is 7.98. The first-order valence-corrected chi connectivity index (χ1v) is 8.13. The minimum Gasteiger partial charge on any atom is -0.457 e. The van der Waals surface area contributed by atoms with Crippen LogP contribution in [0.5, 0.6) is 0 Å². The Morgan fingerprint density at radius 3 is 2.80 bits per heavy atom. The van der Waals surface area contributed by atoms with Crippen molar-refractivity contribution in [3.63, 3.8) is 0 Å². The first kappa shape index (κ1) is 15.0. The van der Waals surface area contributed by atoms with Crippen molar-refractivity contribution < 1.29 is 9.53 Å². The van der Waals surface area contributed by atoms with Crippen LogP contribution in [0.2, 0.25) is 0 Å². The highest BCUT2D eigenvalue weighted by atomic mass is 32.2. The first-order chi connectivity index (χ1) is 9.39. The lowest BCUT2D eigenvalue weighted by atomic mass is 10.2. The quantitative estimate of drug-likeness (QED) is 0.374. The molecule has 20 heavy (non-hydrogen) atoms. The maximum atomic E-state index is 11.6. The van der Waals surface area contributed by atoms with Gasteiger partial charge in [0.05, 0.1) is 10.2 Å². The average Bonchev–Trinajstić information content (AvgIpc) is 2.76. The molecule has 0 aromatic carbocycles. The number of carbonyl (C=O) groups excluding carboxylic acids is 1. The molecular weight excluding hydrogens is 292 g/mol. The Balaban J connectivity index is 2.20. The van der Waals surface area contributed by atoms with Gasteiger partial charge in [0.2, 0.25) is 0 Å². The summed E-state index contributed by atoms with van der Waals surface area (Å²) in [6.07, 6.45) is 6.74. The smallest absolute Gasteiger partial charge is 0.331 e. The molecule has 0 bridgehead atoms. The van der Waals surface area contributed by atoms with Gasteiger partial charge in [-0.05, 0) is 39.2 Å². The Labute approximate surface area is 126 Å². The van der Waals surface area contributed by atoms with E-state index in [0.717, 1.165) is 20.1 Å². The number of hydrogen-bond donors (Lipinski definition) is 0. The van der Waals surface area contributed by atoms with Gasteiger partial charge in [-0.25, -0.2) is 14.8 Å². The molecule has 0 saturated heterocycles. The largest absolute Gasteiger partial charge is 0.457 e. The van der Waals surface area contributed by atoms with E-state index >= 15 is 0 Å². The number of carbonyl (C=O) groups is 1. The van der Waals surface area contributed by atoms with Crippen molar-refractivity contribution in [3.8, 4) is 0 Å². The van der Waals surface area contributed by atoms with Gasteiger partial charge in [0.1, 0.15) is 17.0 Å². The molecule has 0 fully saturated rings. The fourth-order valence-electron chi connectivity index (χ4n) is 1.56. The molecule has 2 aromatic rings. The van der Waals surface area contributed by atoms with Crippen LogP contribution in [0, 0.1) is 0 Å². The second-order valence-corrected chi connectivity index (χ2v) is 6.99. The minimum absolute atomic E-state index is 0.342. The van der Waals surface area contributed by atoms with Gasteiger partial charge in [-0.1, -0.05) is 0 Å². The van der Waals surface area contributed by atoms with Gasteiger partial charge in [-0.2, -0.15) is 0 Å². The molecule has 0 unspecified atom stereocenters. The molecule has 2 heterocycles. The molecule has 106 valence electrons. The molecular formula is C14H16N2O2S2. The van der Waals surface area contributed by atoms with Crippen molar-refractivity contribution in [1.82, 2.24) is 9.97 Å². The molecule has 0 aliphatic carbocycles. The molecule has 0 aliphatic heterocycles. The summed E-state index contributed by atoms with van der Waals surface area (Å²) in [4.78, 5) is 21.1. The Morgan fingerprint density at radius 1 is 1.40 bits per heavy atom. The number of thiophene rings is 1. The molecule has 0 saturated carbocycles. The van der Waals surface area contributed by atoms with E-state index in [-0.39, 0.29) is 5.97 Å². The zero-order valence-electron chi connectivity index (χ0n) is 11.8. The summed E-state index contributed by atoms with van der Waals surface area (Å²) in [5, 5.41) is 0.955. The summed E-state index contributed by atoms with van der Waals surface area (Å²) in [7, 11) is 0. The number of aromatic nitrogens is 2. The van der Waals surface area contributed by atoms with Crippen molar-refractivity contribution in [2.75, 3.05) is 6.26 Å². The van der Waals surface area contributed by atoms with Gasteiger partial charge in [0.25, 0.3) is 0 Å². The average molecular weight is 308 g/mol. The molecule has 0 spiro atoms. The van der Waals surface area contributed by atoms with Crippen LogP contribution in [0.1, 0.15) is 25.6 Å². The van der Waals surface area contributed by atoms with Crippen molar-refractivity contribution in [1.29, 1.82) is 0 Å². The van der Waals surface area contributed by atoms with Crippen LogP contribution < -0.4 is 0 Å². The van der Waals surface area contributed by atoms with Crippen molar-refractivity contribution in [3.05, 3.63) is 23.3 Å². The number of rotatable bonds is 3. The summed E-state index contributed by atoms with van der Waals surface area (Å²) in [5.41, 5.74) is 0.428. The third-order valence-electron chi connectivity index (χ3n) is 2.28. The predicted molar refractivity (Wildman–Crippen MR) is 84.1 cm³/mol. The van der Waals surface area contributed by atoms with E-state index in [2.05, 4.69) is 9.97 Å². The highest BCUT2D eigenvalue weighted by Gasteiger charge is 2.14. The third kappa shape index (κ3) is 3.80. The number of nitrogens with zero attached hydrogens (tertiary/aromatic N) is 2. The topological polar surface area (TPSA) is 52.1 Å². The van der Waals surface area contributed by atoms with E-state index in [0.29, 0.717) is 0 Å². The van der Waals surface area contributed by atoms with Crippen molar-refractivity contribution in [2.24, 2.45) is 0 Å². The van der Waals surface area contributed by atoms with E-state index in [1.807, 2.05) is 33.1 Å². The predicted octanol–water partition coefficient (Wildman–Crippen LogP) is 3.77. The van der Waals surface area contributed by atoms with Crippen molar-refractivity contribution in [2.45, 2.75) is 31.4 Å². The molecule has 0 radical (unpaired) electrons. The maximum Gasteiger partial charge on any atom is 0.331 e. The van der Waals surface area contributed by atoms with Crippen molar-refractivity contribution >= 4 is 45.4 Å². The summed E-state index contributed by atoms with van der Waals surface area (Å²) in [6, 6.07) is 1.95. The van der Waals surface area contributed by atoms with Gasteiger partial charge < -0.3 is 4.74 Å². The second-order valence-electron chi connectivity index (χ2n) is 5.11. The molecule has 0 aliphatic rings. The van der Waals surface area contributed by atoms with Gasteiger partial charge in [-0.15, -0.1) is 23.1 Å². The fourth-order valence-corrected chi connectivity index (χ4v) is 3.28. The summed E-state index contributed by atoms with van der Waals surface area (Å²) >= 11 is 3.16. The number of fused-ring (bicyclic) bond motifs is 1. The summed E-state index contributed by atoms with van der Waals surface area (Å²) in [5.74, 6) is -0.342. The van der Waals surface area contributed by atoms with Gasteiger partial charge in [0.15, 0.2) is 0 Å². The van der Waals surface area contributed by atoms with E-state index in [4.69, 9.17) is 4.74 Å². The van der Waals surface area contributed by atoms with E-state index in [1.54, 1.807) is 35.5 Å². The number of ether oxygens (including phenoxy) is 1. The van der Waals surface area contributed by atoms with Gasteiger partial charge in [-0.3, -0.25) is 0 Å². The van der Waals surface area contributed by atoms with E-state index < -0.39 is 5.60 Å². The van der Waals surface area contributed by atoms with E-state index in [1.165, 1.54) is 6.08 Å². The zero-order chi connectivity index (χ0) is 14.8. The zero-order valence-corrected chi connectivity index (χ0v) is 13.5.